The third-order valence-corrected chi connectivity index (χ3v) is 3.16. The van der Waals surface area contributed by atoms with Crippen molar-refractivity contribution in [3.05, 3.63) is 29.8 Å². The van der Waals surface area contributed by atoms with Crippen molar-refractivity contribution in [2.75, 3.05) is 31.5 Å². The lowest BCUT2D eigenvalue weighted by Crippen LogP contribution is -2.36. The topological polar surface area (TPSA) is 61.4 Å². The lowest BCUT2D eigenvalue weighted by atomic mass is 10.1. The molecule has 0 aliphatic heterocycles. The lowest BCUT2D eigenvalue weighted by Gasteiger charge is -2.18. The Labute approximate surface area is 120 Å². The number of amides is 2. The number of likely N-dealkylation sites (N-methyl/N-ethyl adjacent to an activating group) is 1. The fraction of sp³-hybridized carbons (Fsp3) is 0.467. The highest BCUT2D eigenvalue weighted by Gasteiger charge is 2.04. The van der Waals surface area contributed by atoms with Gasteiger partial charge >= 0.3 is 6.03 Å². The third kappa shape index (κ3) is 5.40. The van der Waals surface area contributed by atoms with Crippen LogP contribution >= 0.6 is 0 Å². The summed E-state index contributed by atoms with van der Waals surface area (Å²) in [5, 5.41) is 5.55. The van der Waals surface area contributed by atoms with E-state index < -0.39 is 0 Å². The van der Waals surface area contributed by atoms with Gasteiger partial charge in [-0.05, 0) is 44.3 Å². The van der Waals surface area contributed by atoms with E-state index in [1.807, 2.05) is 0 Å². The van der Waals surface area contributed by atoms with Crippen LogP contribution in [0.2, 0.25) is 0 Å². The summed E-state index contributed by atoms with van der Waals surface area (Å²) in [6, 6.07) is 6.62. The molecule has 0 fully saturated rings. The molecule has 0 aliphatic rings. The second-order valence-corrected chi connectivity index (χ2v) is 4.54. The SMILES string of the molecule is CCN(CC)CCNC(=O)Nc1ccc(C(C)=O)cc1. The lowest BCUT2D eigenvalue weighted by molar-refractivity contribution is 0.101. The van der Waals surface area contributed by atoms with Gasteiger partial charge in [-0.2, -0.15) is 0 Å². The molecule has 5 heteroatoms. The Bertz CT molecular complexity index is 439. The fourth-order valence-corrected chi connectivity index (χ4v) is 1.83. The predicted molar refractivity (Wildman–Crippen MR) is 81.3 cm³/mol. The van der Waals surface area contributed by atoms with Gasteiger partial charge in [-0.15, -0.1) is 0 Å². The number of hydrogen-bond donors (Lipinski definition) is 2. The number of nitrogens with one attached hydrogen (secondary N) is 2. The van der Waals surface area contributed by atoms with Crippen LogP contribution < -0.4 is 10.6 Å². The maximum Gasteiger partial charge on any atom is 0.319 e. The van der Waals surface area contributed by atoms with Gasteiger partial charge in [-0.1, -0.05) is 13.8 Å². The Balaban J connectivity index is 2.37. The van der Waals surface area contributed by atoms with Crippen molar-refractivity contribution in [1.82, 2.24) is 10.2 Å². The zero-order valence-corrected chi connectivity index (χ0v) is 12.4. The molecule has 0 aromatic heterocycles. The van der Waals surface area contributed by atoms with Crippen LogP contribution in [0, 0.1) is 0 Å². The van der Waals surface area contributed by atoms with Gasteiger partial charge in [-0.3, -0.25) is 4.79 Å². The number of carbonyl (C=O) groups is 2. The van der Waals surface area contributed by atoms with E-state index in [1.54, 1.807) is 24.3 Å². The number of carbonyl (C=O) groups excluding carboxylic acids is 2. The Morgan fingerprint density at radius 1 is 1.10 bits per heavy atom. The second-order valence-electron chi connectivity index (χ2n) is 4.54. The molecule has 0 saturated heterocycles. The zero-order valence-electron chi connectivity index (χ0n) is 12.4. The highest BCUT2D eigenvalue weighted by molar-refractivity contribution is 5.95. The number of anilines is 1. The van der Waals surface area contributed by atoms with Crippen molar-refractivity contribution in [2.24, 2.45) is 0 Å². The molecule has 0 heterocycles. The minimum atomic E-state index is -0.229. The molecule has 2 amide bonds. The number of urea groups is 1. The standard InChI is InChI=1S/C15H23N3O2/c1-4-18(5-2)11-10-16-15(20)17-14-8-6-13(7-9-14)12(3)19/h6-9H,4-5,10-11H2,1-3H3,(H2,16,17,20). The van der Waals surface area contributed by atoms with Crippen LogP contribution in [0.4, 0.5) is 10.5 Å². The number of Topliss-reactive ketones (excluding diaryl/α,β-unsaturated/α-hetero) is 1. The summed E-state index contributed by atoms with van der Waals surface area (Å²) in [4.78, 5) is 25.1. The van der Waals surface area contributed by atoms with Gasteiger partial charge in [0.1, 0.15) is 0 Å². The van der Waals surface area contributed by atoms with Gasteiger partial charge in [0.05, 0.1) is 0 Å². The molecule has 0 spiro atoms. The molecule has 5 nitrogen and oxygen atoms in total. The summed E-state index contributed by atoms with van der Waals surface area (Å²) in [6.07, 6.45) is 0. The third-order valence-electron chi connectivity index (χ3n) is 3.16. The number of hydrogen-bond acceptors (Lipinski definition) is 3. The van der Waals surface area contributed by atoms with E-state index in [9.17, 15) is 9.59 Å². The van der Waals surface area contributed by atoms with Crippen LogP contribution in [0.3, 0.4) is 0 Å². The summed E-state index contributed by atoms with van der Waals surface area (Å²) in [5.74, 6) is 0.0141. The average molecular weight is 277 g/mol. The van der Waals surface area contributed by atoms with Crippen molar-refractivity contribution in [3.8, 4) is 0 Å². The molecule has 0 saturated carbocycles. The molecule has 0 atom stereocenters. The van der Waals surface area contributed by atoms with E-state index in [2.05, 4.69) is 29.4 Å². The zero-order chi connectivity index (χ0) is 15.0. The molecule has 110 valence electrons. The molecule has 2 N–H and O–H groups in total. The first kappa shape index (κ1) is 16.2. The smallest absolute Gasteiger partial charge is 0.319 e. The highest BCUT2D eigenvalue weighted by Crippen LogP contribution is 2.09. The Hall–Kier alpha value is -1.88. The first-order valence-electron chi connectivity index (χ1n) is 6.95. The van der Waals surface area contributed by atoms with Crippen LogP contribution in [0.5, 0.6) is 0 Å². The minimum Gasteiger partial charge on any atom is -0.337 e. The molecule has 0 radical (unpaired) electrons. The summed E-state index contributed by atoms with van der Waals surface area (Å²) < 4.78 is 0. The quantitative estimate of drug-likeness (QED) is 0.752. The van der Waals surface area contributed by atoms with Crippen molar-refractivity contribution in [1.29, 1.82) is 0 Å². The van der Waals surface area contributed by atoms with Crippen LogP contribution in [-0.2, 0) is 0 Å². The Morgan fingerprint density at radius 2 is 1.70 bits per heavy atom. The second kappa shape index (κ2) is 8.32. The molecule has 20 heavy (non-hydrogen) atoms. The van der Waals surface area contributed by atoms with E-state index in [0.717, 1.165) is 19.6 Å². The van der Waals surface area contributed by atoms with Crippen LogP contribution in [-0.4, -0.2) is 42.9 Å². The van der Waals surface area contributed by atoms with Crippen LogP contribution in [0.1, 0.15) is 31.1 Å². The van der Waals surface area contributed by atoms with Crippen molar-refractivity contribution in [3.63, 3.8) is 0 Å². The number of nitrogens with zero attached hydrogens (tertiary/aromatic N) is 1. The van der Waals surface area contributed by atoms with Gasteiger partial charge in [0.2, 0.25) is 0 Å². The number of rotatable bonds is 7. The van der Waals surface area contributed by atoms with Crippen molar-refractivity contribution >= 4 is 17.5 Å². The maximum absolute atomic E-state index is 11.7. The first-order chi connectivity index (χ1) is 9.56. The molecule has 0 bridgehead atoms. The maximum atomic E-state index is 11.7. The largest absolute Gasteiger partial charge is 0.337 e. The van der Waals surface area contributed by atoms with E-state index in [1.165, 1.54) is 6.92 Å². The summed E-state index contributed by atoms with van der Waals surface area (Å²) in [5.41, 5.74) is 1.31. The molecular weight excluding hydrogens is 254 g/mol. The molecular formula is C15H23N3O2. The normalized spacial score (nSPS) is 10.4. The number of ketones is 1. The molecule has 1 rings (SSSR count). The van der Waals surface area contributed by atoms with Gasteiger partial charge in [0, 0.05) is 24.3 Å². The van der Waals surface area contributed by atoms with Gasteiger partial charge < -0.3 is 15.5 Å². The monoisotopic (exact) mass is 277 g/mol. The predicted octanol–water partition coefficient (Wildman–Crippen LogP) is 2.35. The van der Waals surface area contributed by atoms with Crippen LogP contribution in [0.15, 0.2) is 24.3 Å². The van der Waals surface area contributed by atoms with E-state index in [-0.39, 0.29) is 11.8 Å². The molecule has 1 aromatic rings. The molecule has 1 aromatic carbocycles. The van der Waals surface area contributed by atoms with Crippen molar-refractivity contribution < 1.29 is 9.59 Å². The summed E-state index contributed by atoms with van der Waals surface area (Å²) >= 11 is 0. The van der Waals surface area contributed by atoms with Gasteiger partial charge in [0.25, 0.3) is 0 Å². The number of benzene rings is 1. The Morgan fingerprint density at radius 3 is 2.20 bits per heavy atom. The summed E-state index contributed by atoms with van der Waals surface area (Å²) in [6.45, 7) is 9.12. The fourth-order valence-electron chi connectivity index (χ4n) is 1.83. The van der Waals surface area contributed by atoms with Crippen LogP contribution in [0.25, 0.3) is 0 Å². The van der Waals surface area contributed by atoms with E-state index in [4.69, 9.17) is 0 Å². The summed E-state index contributed by atoms with van der Waals surface area (Å²) in [7, 11) is 0. The van der Waals surface area contributed by atoms with Crippen molar-refractivity contribution in [2.45, 2.75) is 20.8 Å². The molecule has 0 aliphatic carbocycles. The minimum absolute atomic E-state index is 0.0141. The van der Waals surface area contributed by atoms with Gasteiger partial charge in [-0.25, -0.2) is 4.79 Å². The highest BCUT2D eigenvalue weighted by atomic mass is 16.2. The van der Waals surface area contributed by atoms with E-state index >= 15 is 0 Å². The first-order valence-corrected chi connectivity index (χ1v) is 6.95. The van der Waals surface area contributed by atoms with Gasteiger partial charge in [0.15, 0.2) is 5.78 Å². The Kier molecular flexibility index (Phi) is 6.73. The average Bonchev–Trinajstić information content (AvgIpc) is 2.44. The van der Waals surface area contributed by atoms with E-state index in [0.29, 0.717) is 17.8 Å². The molecule has 0 unspecified atom stereocenters.